The molecule has 1 fully saturated rings. The Balaban J connectivity index is 1.66. The lowest BCUT2D eigenvalue weighted by molar-refractivity contribution is -0.0198. The molecule has 1 aromatic rings. The van der Waals surface area contributed by atoms with Gasteiger partial charge >= 0.3 is 0 Å². The molecule has 0 spiro atoms. The van der Waals surface area contributed by atoms with E-state index in [4.69, 9.17) is 4.74 Å². The highest BCUT2D eigenvalue weighted by Crippen LogP contribution is 2.20. The molecule has 1 aromatic carbocycles. The zero-order valence-corrected chi connectivity index (χ0v) is 12.8. The average Bonchev–Trinajstić information content (AvgIpc) is 2.50. The van der Waals surface area contributed by atoms with Gasteiger partial charge in [-0.05, 0) is 24.3 Å². The van der Waals surface area contributed by atoms with E-state index in [2.05, 4.69) is 11.8 Å². The first kappa shape index (κ1) is 16.4. The third-order valence-corrected chi connectivity index (χ3v) is 4.19. The number of rotatable bonds is 7. The summed E-state index contributed by atoms with van der Waals surface area (Å²) in [5.41, 5.74) is 1.12. The van der Waals surface area contributed by atoms with Gasteiger partial charge in [0, 0.05) is 19.6 Å². The second kappa shape index (κ2) is 8.49. The van der Waals surface area contributed by atoms with Crippen LogP contribution in [0.4, 0.5) is 0 Å². The standard InChI is InChI=1S/C17H27NO3/c1-2-15-10-18(9-8-17(15)20)11-16(19)13-21-12-14-6-4-3-5-7-14/h3-7,15-17,19-20H,2,8-13H2,1H3. The number of benzene rings is 1. The molecule has 0 saturated carbocycles. The van der Waals surface area contributed by atoms with Crippen molar-refractivity contribution in [3.05, 3.63) is 35.9 Å². The van der Waals surface area contributed by atoms with Crippen LogP contribution in [-0.2, 0) is 11.3 Å². The minimum absolute atomic E-state index is 0.183. The van der Waals surface area contributed by atoms with Crippen LogP contribution in [0.15, 0.2) is 30.3 Å². The van der Waals surface area contributed by atoms with Gasteiger partial charge in [-0.2, -0.15) is 0 Å². The molecule has 0 bridgehead atoms. The molecule has 0 aromatic heterocycles. The van der Waals surface area contributed by atoms with Crippen molar-refractivity contribution in [2.24, 2.45) is 5.92 Å². The molecule has 4 heteroatoms. The maximum atomic E-state index is 10.1. The second-order valence-corrected chi connectivity index (χ2v) is 5.94. The predicted molar refractivity (Wildman–Crippen MR) is 82.9 cm³/mol. The molecule has 1 heterocycles. The van der Waals surface area contributed by atoms with E-state index in [-0.39, 0.29) is 6.10 Å². The van der Waals surface area contributed by atoms with Gasteiger partial charge in [-0.1, -0.05) is 37.3 Å². The van der Waals surface area contributed by atoms with Gasteiger partial charge in [0.05, 0.1) is 25.4 Å². The number of hydrogen-bond donors (Lipinski definition) is 2. The molecule has 0 aliphatic carbocycles. The first-order valence-corrected chi connectivity index (χ1v) is 7.89. The van der Waals surface area contributed by atoms with Gasteiger partial charge in [0.15, 0.2) is 0 Å². The van der Waals surface area contributed by atoms with E-state index in [0.29, 0.717) is 25.7 Å². The van der Waals surface area contributed by atoms with Gasteiger partial charge < -0.3 is 19.8 Å². The molecule has 3 unspecified atom stereocenters. The van der Waals surface area contributed by atoms with Crippen molar-refractivity contribution in [1.29, 1.82) is 0 Å². The minimum atomic E-state index is -0.471. The summed E-state index contributed by atoms with van der Waals surface area (Å²) in [5.74, 6) is 0.330. The summed E-state index contributed by atoms with van der Waals surface area (Å²) >= 11 is 0. The molecule has 0 radical (unpaired) electrons. The van der Waals surface area contributed by atoms with Crippen molar-refractivity contribution >= 4 is 0 Å². The third kappa shape index (κ3) is 5.40. The van der Waals surface area contributed by atoms with Crippen molar-refractivity contribution in [2.75, 3.05) is 26.2 Å². The van der Waals surface area contributed by atoms with Crippen molar-refractivity contribution in [1.82, 2.24) is 4.90 Å². The van der Waals surface area contributed by atoms with Crippen molar-refractivity contribution < 1.29 is 14.9 Å². The summed E-state index contributed by atoms with van der Waals surface area (Å²) in [4.78, 5) is 2.23. The maximum Gasteiger partial charge on any atom is 0.0900 e. The summed E-state index contributed by atoms with van der Waals surface area (Å²) in [6.45, 7) is 5.34. The fraction of sp³-hybridized carbons (Fsp3) is 0.647. The smallest absolute Gasteiger partial charge is 0.0900 e. The van der Waals surface area contributed by atoms with Gasteiger partial charge in [-0.15, -0.1) is 0 Å². The molecule has 4 nitrogen and oxygen atoms in total. The lowest BCUT2D eigenvalue weighted by Gasteiger charge is -2.36. The Morgan fingerprint density at radius 1 is 1.33 bits per heavy atom. The summed E-state index contributed by atoms with van der Waals surface area (Å²) in [7, 11) is 0. The largest absolute Gasteiger partial charge is 0.393 e. The Kier molecular flexibility index (Phi) is 6.64. The van der Waals surface area contributed by atoms with Crippen LogP contribution in [0.3, 0.4) is 0 Å². The SMILES string of the molecule is CCC1CN(CC(O)COCc2ccccc2)CCC1O. The number of β-amino-alcohol motifs (C(OH)–C–C–N with tert-alkyl or cyclic N) is 1. The van der Waals surface area contributed by atoms with E-state index in [9.17, 15) is 10.2 Å². The van der Waals surface area contributed by atoms with Crippen LogP contribution < -0.4 is 0 Å². The predicted octanol–water partition coefficient (Wildman–Crippen LogP) is 1.66. The number of aliphatic hydroxyl groups excluding tert-OH is 2. The summed E-state index contributed by atoms with van der Waals surface area (Å²) in [5, 5.41) is 19.9. The molecule has 2 N–H and O–H groups in total. The van der Waals surface area contributed by atoms with E-state index in [1.165, 1.54) is 0 Å². The number of hydrogen-bond acceptors (Lipinski definition) is 4. The first-order valence-electron chi connectivity index (χ1n) is 7.89. The normalized spacial score (nSPS) is 24.9. The van der Waals surface area contributed by atoms with Crippen LogP contribution in [-0.4, -0.2) is 53.6 Å². The summed E-state index contributed by atoms with van der Waals surface area (Å²) in [6, 6.07) is 9.99. The van der Waals surface area contributed by atoms with Crippen molar-refractivity contribution in [2.45, 2.75) is 38.6 Å². The van der Waals surface area contributed by atoms with E-state index in [1.54, 1.807) is 0 Å². The highest BCUT2D eigenvalue weighted by molar-refractivity contribution is 5.13. The van der Waals surface area contributed by atoms with Gasteiger partial charge in [-0.3, -0.25) is 0 Å². The second-order valence-electron chi connectivity index (χ2n) is 5.94. The highest BCUT2D eigenvalue weighted by Gasteiger charge is 2.27. The summed E-state index contributed by atoms with van der Waals surface area (Å²) < 4.78 is 5.57. The number of piperidine rings is 1. The van der Waals surface area contributed by atoms with Crippen LogP contribution in [0.1, 0.15) is 25.3 Å². The lowest BCUT2D eigenvalue weighted by Crippen LogP contribution is -2.46. The van der Waals surface area contributed by atoms with E-state index in [1.807, 2.05) is 30.3 Å². The zero-order valence-electron chi connectivity index (χ0n) is 12.8. The first-order chi connectivity index (χ1) is 10.2. The van der Waals surface area contributed by atoms with E-state index in [0.717, 1.165) is 31.5 Å². The Morgan fingerprint density at radius 2 is 2.10 bits per heavy atom. The van der Waals surface area contributed by atoms with Crippen LogP contribution in [0.25, 0.3) is 0 Å². The molecule has 118 valence electrons. The molecule has 1 aliphatic rings. The Labute approximate surface area is 127 Å². The molecule has 21 heavy (non-hydrogen) atoms. The number of ether oxygens (including phenoxy) is 1. The number of nitrogens with zero attached hydrogens (tertiary/aromatic N) is 1. The Hall–Kier alpha value is -0.940. The fourth-order valence-corrected chi connectivity index (χ4v) is 2.90. The van der Waals surface area contributed by atoms with Crippen LogP contribution in [0.5, 0.6) is 0 Å². The molecule has 0 amide bonds. The van der Waals surface area contributed by atoms with Crippen LogP contribution in [0, 0.1) is 5.92 Å². The minimum Gasteiger partial charge on any atom is -0.393 e. The molecular formula is C17H27NO3. The monoisotopic (exact) mass is 293 g/mol. The van der Waals surface area contributed by atoms with Gasteiger partial charge in [0.25, 0.3) is 0 Å². The molecular weight excluding hydrogens is 266 g/mol. The highest BCUT2D eigenvalue weighted by atomic mass is 16.5. The number of aliphatic hydroxyl groups is 2. The Bertz CT molecular complexity index is 398. The van der Waals surface area contributed by atoms with E-state index >= 15 is 0 Å². The molecule has 2 rings (SSSR count). The van der Waals surface area contributed by atoms with Crippen molar-refractivity contribution in [3.63, 3.8) is 0 Å². The fourth-order valence-electron chi connectivity index (χ4n) is 2.90. The molecule has 3 atom stereocenters. The summed E-state index contributed by atoms with van der Waals surface area (Å²) in [6.07, 6.45) is 1.13. The van der Waals surface area contributed by atoms with Gasteiger partial charge in [-0.25, -0.2) is 0 Å². The third-order valence-electron chi connectivity index (χ3n) is 4.19. The van der Waals surface area contributed by atoms with Gasteiger partial charge in [0.2, 0.25) is 0 Å². The number of likely N-dealkylation sites (tertiary alicyclic amines) is 1. The maximum absolute atomic E-state index is 10.1. The van der Waals surface area contributed by atoms with Crippen molar-refractivity contribution in [3.8, 4) is 0 Å². The van der Waals surface area contributed by atoms with E-state index < -0.39 is 6.10 Å². The zero-order chi connectivity index (χ0) is 15.1. The average molecular weight is 293 g/mol. The van der Waals surface area contributed by atoms with Crippen LogP contribution in [0.2, 0.25) is 0 Å². The van der Waals surface area contributed by atoms with Gasteiger partial charge in [0.1, 0.15) is 0 Å². The molecule has 1 aliphatic heterocycles. The lowest BCUT2D eigenvalue weighted by atomic mass is 9.92. The Morgan fingerprint density at radius 3 is 2.81 bits per heavy atom. The van der Waals surface area contributed by atoms with Crippen LogP contribution >= 0.6 is 0 Å². The topological polar surface area (TPSA) is 52.9 Å². The quantitative estimate of drug-likeness (QED) is 0.803. The molecule has 1 saturated heterocycles.